The molecule has 1 amide bonds. The van der Waals surface area contributed by atoms with Gasteiger partial charge in [0.05, 0.1) is 5.56 Å². The second-order valence-corrected chi connectivity index (χ2v) is 5.77. The van der Waals surface area contributed by atoms with Gasteiger partial charge in [0.1, 0.15) is 11.5 Å². The maximum atomic E-state index is 12.1. The van der Waals surface area contributed by atoms with Crippen molar-refractivity contribution < 1.29 is 19.1 Å². The van der Waals surface area contributed by atoms with Crippen LogP contribution in [0.5, 0.6) is 11.5 Å². The van der Waals surface area contributed by atoms with E-state index in [0.29, 0.717) is 11.3 Å². The van der Waals surface area contributed by atoms with Crippen molar-refractivity contribution in [1.82, 2.24) is 5.32 Å². The van der Waals surface area contributed by atoms with Gasteiger partial charge >= 0.3 is 5.97 Å². The molecule has 1 N–H and O–H groups in total. The summed E-state index contributed by atoms with van der Waals surface area (Å²) in [4.78, 5) is 23.9. The highest BCUT2D eigenvalue weighted by Crippen LogP contribution is 2.22. The Morgan fingerprint density at radius 2 is 1.62 bits per heavy atom. The Bertz CT molecular complexity index is 708. The van der Waals surface area contributed by atoms with E-state index >= 15 is 0 Å². The van der Waals surface area contributed by atoms with Gasteiger partial charge in [-0.05, 0) is 56.2 Å². The van der Waals surface area contributed by atoms with Gasteiger partial charge in [-0.15, -0.1) is 0 Å². The fourth-order valence-corrected chi connectivity index (χ4v) is 2.11. The molecule has 0 radical (unpaired) electrons. The second kappa shape index (κ2) is 7.17. The molecule has 1 fully saturated rings. The smallest absolute Gasteiger partial charge is 0.338 e. The number of ether oxygens (including phenoxy) is 2. The summed E-state index contributed by atoms with van der Waals surface area (Å²) in [5.41, 5.74) is 0.376. The van der Waals surface area contributed by atoms with Crippen molar-refractivity contribution >= 4 is 11.9 Å². The van der Waals surface area contributed by atoms with Gasteiger partial charge in [0.15, 0.2) is 6.10 Å². The molecule has 0 bridgehead atoms. The molecule has 3 rings (SSSR count). The summed E-state index contributed by atoms with van der Waals surface area (Å²) in [6.45, 7) is 1.57. The zero-order chi connectivity index (χ0) is 16.9. The molecule has 0 heterocycles. The van der Waals surface area contributed by atoms with E-state index in [4.69, 9.17) is 9.47 Å². The molecule has 1 atom stereocenters. The van der Waals surface area contributed by atoms with E-state index in [9.17, 15) is 9.59 Å². The normalized spacial score (nSPS) is 14.5. The maximum absolute atomic E-state index is 12.1. The molecule has 0 aliphatic heterocycles. The van der Waals surface area contributed by atoms with Crippen LogP contribution >= 0.6 is 0 Å². The Kier molecular flexibility index (Phi) is 4.79. The fourth-order valence-electron chi connectivity index (χ4n) is 2.11. The van der Waals surface area contributed by atoms with E-state index in [1.165, 1.54) is 0 Å². The molecule has 2 aromatic rings. The van der Waals surface area contributed by atoms with E-state index < -0.39 is 12.1 Å². The number of amides is 1. The summed E-state index contributed by atoms with van der Waals surface area (Å²) in [6, 6.07) is 16.2. The average molecular weight is 325 g/mol. The van der Waals surface area contributed by atoms with Crippen LogP contribution in [0.1, 0.15) is 30.1 Å². The minimum atomic E-state index is -0.807. The monoisotopic (exact) mass is 325 g/mol. The molecule has 0 aromatic heterocycles. The summed E-state index contributed by atoms with van der Waals surface area (Å²) in [5, 5.41) is 2.81. The zero-order valence-electron chi connectivity index (χ0n) is 13.4. The molecule has 0 unspecified atom stereocenters. The zero-order valence-corrected chi connectivity index (χ0v) is 13.4. The minimum Gasteiger partial charge on any atom is -0.457 e. The Morgan fingerprint density at radius 3 is 2.25 bits per heavy atom. The van der Waals surface area contributed by atoms with E-state index in [1.807, 2.05) is 30.3 Å². The largest absolute Gasteiger partial charge is 0.457 e. The van der Waals surface area contributed by atoms with Gasteiger partial charge in [-0.3, -0.25) is 4.79 Å². The van der Waals surface area contributed by atoms with Crippen LogP contribution < -0.4 is 10.1 Å². The number of benzene rings is 2. The van der Waals surface area contributed by atoms with Gasteiger partial charge in [-0.2, -0.15) is 0 Å². The van der Waals surface area contributed by atoms with E-state index in [2.05, 4.69) is 5.32 Å². The highest BCUT2D eigenvalue weighted by molar-refractivity contribution is 5.92. The van der Waals surface area contributed by atoms with Crippen molar-refractivity contribution in [2.24, 2.45) is 0 Å². The first-order valence-electron chi connectivity index (χ1n) is 7.96. The summed E-state index contributed by atoms with van der Waals surface area (Å²) in [5.74, 6) is 0.560. The molecule has 5 heteroatoms. The Morgan fingerprint density at radius 1 is 1.00 bits per heavy atom. The lowest BCUT2D eigenvalue weighted by Crippen LogP contribution is -2.37. The SMILES string of the molecule is C[C@@H](OC(=O)c1ccc(Oc2ccccc2)cc1)C(=O)NC1CC1. The highest BCUT2D eigenvalue weighted by atomic mass is 16.5. The summed E-state index contributed by atoms with van der Waals surface area (Å²) in [7, 11) is 0. The van der Waals surface area contributed by atoms with Crippen LogP contribution in [0.3, 0.4) is 0 Å². The molecule has 0 spiro atoms. The van der Waals surface area contributed by atoms with E-state index in [1.54, 1.807) is 31.2 Å². The highest BCUT2D eigenvalue weighted by Gasteiger charge is 2.27. The molecular formula is C19H19NO4. The second-order valence-electron chi connectivity index (χ2n) is 5.77. The summed E-state index contributed by atoms with van der Waals surface area (Å²) >= 11 is 0. The Labute approximate surface area is 140 Å². The number of esters is 1. The molecule has 124 valence electrons. The lowest BCUT2D eigenvalue weighted by atomic mass is 10.2. The number of hydrogen-bond donors (Lipinski definition) is 1. The van der Waals surface area contributed by atoms with E-state index in [0.717, 1.165) is 18.6 Å². The number of rotatable bonds is 6. The molecule has 5 nitrogen and oxygen atoms in total. The molecule has 1 saturated carbocycles. The molecule has 0 saturated heterocycles. The van der Waals surface area contributed by atoms with Crippen LogP contribution in [0, 0.1) is 0 Å². The molecular weight excluding hydrogens is 306 g/mol. The van der Waals surface area contributed by atoms with Crippen LogP contribution in [-0.2, 0) is 9.53 Å². The van der Waals surface area contributed by atoms with Gasteiger partial charge in [-0.1, -0.05) is 18.2 Å². The van der Waals surface area contributed by atoms with Gasteiger partial charge in [-0.25, -0.2) is 4.79 Å². The first kappa shape index (κ1) is 16.1. The fraction of sp³-hybridized carbons (Fsp3) is 0.263. The van der Waals surface area contributed by atoms with Crippen LogP contribution in [0.4, 0.5) is 0 Å². The van der Waals surface area contributed by atoms with Gasteiger partial charge in [0.2, 0.25) is 0 Å². The predicted molar refractivity (Wildman–Crippen MR) is 89.0 cm³/mol. The van der Waals surface area contributed by atoms with Crippen LogP contribution in [0.2, 0.25) is 0 Å². The van der Waals surface area contributed by atoms with Crippen molar-refractivity contribution in [3.8, 4) is 11.5 Å². The summed E-state index contributed by atoms with van der Waals surface area (Å²) in [6.07, 6.45) is 1.18. The molecule has 24 heavy (non-hydrogen) atoms. The number of nitrogens with one attached hydrogen (secondary N) is 1. The Balaban J connectivity index is 1.56. The third kappa shape index (κ3) is 4.35. The van der Waals surface area contributed by atoms with E-state index in [-0.39, 0.29) is 11.9 Å². The average Bonchev–Trinajstić information content (AvgIpc) is 3.40. The molecule has 1 aliphatic carbocycles. The number of carbonyl (C=O) groups excluding carboxylic acids is 2. The summed E-state index contributed by atoms with van der Waals surface area (Å²) < 4.78 is 10.9. The van der Waals surface area contributed by atoms with Crippen molar-refractivity contribution in [3.05, 3.63) is 60.2 Å². The minimum absolute atomic E-state index is 0.244. The lowest BCUT2D eigenvalue weighted by Gasteiger charge is -2.13. The van der Waals surface area contributed by atoms with Gasteiger partial charge in [0.25, 0.3) is 5.91 Å². The van der Waals surface area contributed by atoms with Crippen LogP contribution in [0.25, 0.3) is 0 Å². The first-order chi connectivity index (χ1) is 11.6. The topological polar surface area (TPSA) is 64.6 Å². The van der Waals surface area contributed by atoms with Gasteiger partial charge in [0, 0.05) is 6.04 Å². The van der Waals surface area contributed by atoms with Crippen molar-refractivity contribution in [2.45, 2.75) is 31.9 Å². The quantitative estimate of drug-likeness (QED) is 0.828. The van der Waals surface area contributed by atoms with Crippen molar-refractivity contribution in [3.63, 3.8) is 0 Å². The maximum Gasteiger partial charge on any atom is 0.338 e. The lowest BCUT2D eigenvalue weighted by molar-refractivity contribution is -0.129. The number of hydrogen-bond acceptors (Lipinski definition) is 4. The third-order valence-electron chi connectivity index (χ3n) is 3.65. The number of para-hydroxylation sites is 1. The predicted octanol–water partition coefficient (Wildman–Crippen LogP) is 3.30. The van der Waals surface area contributed by atoms with Crippen molar-refractivity contribution in [1.29, 1.82) is 0 Å². The van der Waals surface area contributed by atoms with Crippen LogP contribution in [0.15, 0.2) is 54.6 Å². The van der Waals surface area contributed by atoms with Crippen LogP contribution in [-0.4, -0.2) is 24.0 Å². The standard InChI is InChI=1S/C19H19NO4/c1-13(18(21)20-15-9-10-15)23-19(22)14-7-11-17(12-8-14)24-16-5-3-2-4-6-16/h2-8,11-13,15H,9-10H2,1H3,(H,20,21)/t13-/m1/s1. The van der Waals surface area contributed by atoms with Crippen molar-refractivity contribution in [2.75, 3.05) is 0 Å². The molecule has 2 aromatic carbocycles. The molecule has 1 aliphatic rings. The van der Waals surface area contributed by atoms with Gasteiger partial charge < -0.3 is 14.8 Å². The first-order valence-corrected chi connectivity index (χ1v) is 7.96. The third-order valence-corrected chi connectivity index (χ3v) is 3.65. The Hall–Kier alpha value is -2.82. The number of carbonyl (C=O) groups is 2.